The number of benzene rings is 1. The highest BCUT2D eigenvalue weighted by atomic mass is 32.2. The van der Waals surface area contributed by atoms with Gasteiger partial charge in [0.25, 0.3) is 20.2 Å². The third kappa shape index (κ3) is 9.25. The zero-order valence-corrected chi connectivity index (χ0v) is 23.3. The van der Waals surface area contributed by atoms with Crippen LogP contribution in [-0.2, 0) is 45.9 Å². The van der Waals surface area contributed by atoms with E-state index < -0.39 is 30.0 Å². The summed E-state index contributed by atoms with van der Waals surface area (Å²) in [6.45, 7) is 8.29. The molecule has 0 aliphatic carbocycles. The van der Waals surface area contributed by atoms with Crippen LogP contribution in [0.15, 0.2) is 9.79 Å². The van der Waals surface area contributed by atoms with Crippen molar-refractivity contribution in [3.63, 3.8) is 0 Å². The van der Waals surface area contributed by atoms with E-state index in [0.29, 0.717) is 49.7 Å². The minimum absolute atomic E-state index is 0.364. The molecule has 0 bridgehead atoms. The first kappa shape index (κ1) is 31.1. The van der Waals surface area contributed by atoms with Crippen molar-refractivity contribution in [1.29, 1.82) is 0 Å². The number of hydrogen-bond donors (Lipinski definition) is 2. The van der Waals surface area contributed by atoms with Gasteiger partial charge in [-0.3, -0.25) is 9.11 Å². The molecule has 0 aliphatic heterocycles. The minimum Gasteiger partial charge on any atom is -0.282 e. The molecule has 0 saturated carbocycles. The smallest absolute Gasteiger partial charge is 0.282 e. The molecular weight excluding hydrogens is 472 g/mol. The largest absolute Gasteiger partial charge is 0.296 e. The summed E-state index contributed by atoms with van der Waals surface area (Å²) in [7, 11) is -9.74. The minimum atomic E-state index is -4.87. The van der Waals surface area contributed by atoms with Gasteiger partial charge in [-0.1, -0.05) is 79.1 Å². The van der Waals surface area contributed by atoms with Crippen molar-refractivity contribution in [2.24, 2.45) is 0 Å². The van der Waals surface area contributed by atoms with E-state index in [9.17, 15) is 25.9 Å². The molecule has 0 atom stereocenters. The van der Waals surface area contributed by atoms with Gasteiger partial charge in [-0.05, 0) is 73.6 Å². The first-order chi connectivity index (χ1) is 16.0. The predicted molar refractivity (Wildman–Crippen MR) is 139 cm³/mol. The predicted octanol–water partition coefficient (Wildman–Crippen LogP) is 7.11. The zero-order chi connectivity index (χ0) is 25.8. The summed E-state index contributed by atoms with van der Waals surface area (Å²) in [5, 5.41) is 0. The fourth-order valence-electron chi connectivity index (χ4n) is 4.80. The van der Waals surface area contributed by atoms with Crippen LogP contribution in [0.25, 0.3) is 0 Å². The van der Waals surface area contributed by atoms with Gasteiger partial charge >= 0.3 is 0 Å². The van der Waals surface area contributed by atoms with Crippen molar-refractivity contribution >= 4 is 20.2 Å². The molecule has 8 heteroatoms. The molecule has 1 rings (SSSR count). The van der Waals surface area contributed by atoms with E-state index in [0.717, 1.165) is 75.3 Å². The van der Waals surface area contributed by atoms with Gasteiger partial charge in [0.15, 0.2) is 0 Å². The average molecular weight is 519 g/mol. The molecule has 0 spiro atoms. The summed E-state index contributed by atoms with van der Waals surface area (Å²) in [4.78, 5) is -1.16. The van der Waals surface area contributed by atoms with Gasteiger partial charge in [-0.2, -0.15) is 16.8 Å². The van der Waals surface area contributed by atoms with Gasteiger partial charge in [0, 0.05) is 0 Å². The Morgan fingerprint density at radius 1 is 0.441 bits per heavy atom. The van der Waals surface area contributed by atoms with E-state index in [4.69, 9.17) is 0 Å². The molecule has 1 aromatic rings. The summed E-state index contributed by atoms with van der Waals surface area (Å²) in [5.41, 5.74) is 2.55. The number of unbranched alkanes of at least 4 members (excludes halogenated alkanes) is 8. The Hall–Kier alpha value is -0.960. The third-order valence-electron chi connectivity index (χ3n) is 6.48. The summed E-state index contributed by atoms with van der Waals surface area (Å²) in [6, 6.07) is 0. The van der Waals surface area contributed by atoms with Crippen LogP contribution in [-0.4, -0.2) is 25.9 Å². The molecular formula is C26H46O6S2. The van der Waals surface area contributed by atoms with Crippen molar-refractivity contribution in [3.05, 3.63) is 22.3 Å². The molecule has 0 radical (unpaired) electrons. The quantitative estimate of drug-likeness (QED) is 0.158. The molecule has 0 amide bonds. The van der Waals surface area contributed by atoms with E-state index in [2.05, 4.69) is 13.8 Å². The van der Waals surface area contributed by atoms with Crippen LogP contribution in [0.5, 0.6) is 0 Å². The Morgan fingerprint density at radius 2 is 0.676 bits per heavy atom. The van der Waals surface area contributed by atoms with Gasteiger partial charge in [-0.25, -0.2) is 0 Å². The Balaban J connectivity index is 4.06. The first-order valence-electron chi connectivity index (χ1n) is 13.2. The lowest BCUT2D eigenvalue weighted by Gasteiger charge is -2.25. The van der Waals surface area contributed by atoms with E-state index in [1.165, 1.54) is 0 Å². The van der Waals surface area contributed by atoms with E-state index in [1.54, 1.807) is 0 Å². The maximum Gasteiger partial charge on any atom is 0.296 e. The topological polar surface area (TPSA) is 109 Å². The summed E-state index contributed by atoms with van der Waals surface area (Å²) in [6.07, 6.45) is 12.7. The number of rotatable bonds is 18. The molecule has 6 nitrogen and oxygen atoms in total. The fraction of sp³-hybridized carbons (Fsp3) is 0.769. The lowest BCUT2D eigenvalue weighted by molar-refractivity contribution is 0.462. The maximum absolute atomic E-state index is 12.7. The van der Waals surface area contributed by atoms with E-state index >= 15 is 0 Å². The van der Waals surface area contributed by atoms with Crippen LogP contribution in [0, 0.1) is 0 Å². The zero-order valence-electron chi connectivity index (χ0n) is 21.7. The van der Waals surface area contributed by atoms with Crippen molar-refractivity contribution in [3.8, 4) is 0 Å². The molecule has 0 unspecified atom stereocenters. The van der Waals surface area contributed by atoms with Crippen LogP contribution in [0.4, 0.5) is 0 Å². The van der Waals surface area contributed by atoms with Crippen LogP contribution < -0.4 is 0 Å². The molecule has 198 valence electrons. The van der Waals surface area contributed by atoms with Crippen molar-refractivity contribution in [1.82, 2.24) is 0 Å². The highest BCUT2D eigenvalue weighted by molar-refractivity contribution is 7.89. The van der Waals surface area contributed by atoms with E-state index in [1.807, 2.05) is 13.8 Å². The Morgan fingerprint density at radius 3 is 0.882 bits per heavy atom. The van der Waals surface area contributed by atoms with Crippen molar-refractivity contribution in [2.45, 2.75) is 140 Å². The second-order valence-electron chi connectivity index (χ2n) is 9.35. The normalized spacial score (nSPS) is 12.4. The second-order valence-corrected chi connectivity index (χ2v) is 12.1. The first-order valence-corrected chi connectivity index (χ1v) is 16.1. The van der Waals surface area contributed by atoms with Crippen LogP contribution in [0.1, 0.15) is 127 Å². The van der Waals surface area contributed by atoms with Gasteiger partial charge in [0.2, 0.25) is 0 Å². The monoisotopic (exact) mass is 518 g/mol. The van der Waals surface area contributed by atoms with Gasteiger partial charge in [0.1, 0.15) is 9.79 Å². The van der Waals surface area contributed by atoms with Crippen LogP contribution in [0.3, 0.4) is 0 Å². The Labute approximate surface area is 208 Å². The average Bonchev–Trinajstić information content (AvgIpc) is 2.74. The molecule has 0 aliphatic rings. The molecule has 0 aromatic heterocycles. The van der Waals surface area contributed by atoms with Crippen LogP contribution >= 0.6 is 0 Å². The van der Waals surface area contributed by atoms with Crippen molar-refractivity contribution < 1.29 is 25.9 Å². The molecule has 34 heavy (non-hydrogen) atoms. The second kappa shape index (κ2) is 15.2. The molecule has 2 N–H and O–H groups in total. The standard InChI is InChI=1S/C26H46O6S2/c1-5-9-13-17-21-22(18-14-10-6-2)24(20-16-12-8-4)26(34(30,31)32)25(33(27,28)29)23(21)19-15-11-7-3/h5-20H2,1-4H3,(H,27,28,29)(H,30,31,32). The highest BCUT2D eigenvalue weighted by Crippen LogP contribution is 2.38. The van der Waals surface area contributed by atoms with Gasteiger partial charge in [0.05, 0.1) is 0 Å². The molecule has 0 fully saturated rings. The fourth-order valence-corrected chi connectivity index (χ4v) is 7.22. The SMILES string of the molecule is CCCCCc1c(CCCCC)c(CCCCC)c(S(=O)(=O)O)c(S(=O)(=O)O)c1CCCCC. The van der Waals surface area contributed by atoms with Gasteiger partial charge in [-0.15, -0.1) is 0 Å². The van der Waals surface area contributed by atoms with Gasteiger partial charge < -0.3 is 0 Å². The Kier molecular flexibility index (Phi) is 13.9. The summed E-state index contributed by atoms with van der Waals surface area (Å²) in [5.74, 6) is 0. The maximum atomic E-state index is 12.7. The number of hydrogen-bond acceptors (Lipinski definition) is 4. The summed E-state index contributed by atoms with van der Waals surface area (Å²) < 4.78 is 71.2. The Bertz CT molecular complexity index is 887. The molecule has 0 saturated heterocycles. The lowest BCUT2D eigenvalue weighted by atomic mass is 9.85. The molecule has 1 aromatic carbocycles. The molecule has 0 heterocycles. The van der Waals surface area contributed by atoms with Crippen LogP contribution in [0.2, 0.25) is 0 Å². The van der Waals surface area contributed by atoms with Crippen molar-refractivity contribution in [2.75, 3.05) is 0 Å². The summed E-state index contributed by atoms with van der Waals surface area (Å²) >= 11 is 0. The highest BCUT2D eigenvalue weighted by Gasteiger charge is 2.34. The lowest BCUT2D eigenvalue weighted by Crippen LogP contribution is -2.20. The van der Waals surface area contributed by atoms with E-state index in [-0.39, 0.29) is 0 Å². The third-order valence-corrected chi connectivity index (χ3v) is 8.55.